The van der Waals surface area contributed by atoms with Gasteiger partial charge in [-0.15, -0.1) is 0 Å². The molecule has 2 aromatic carbocycles. The molecule has 1 heterocycles. The average Bonchev–Trinajstić information content (AvgIpc) is 3.15. The molecule has 0 aliphatic rings. The van der Waals surface area contributed by atoms with Gasteiger partial charge in [0.05, 0.1) is 12.3 Å². The normalized spacial score (nSPS) is 12.9. The Balaban J connectivity index is 2.04. The topological polar surface area (TPSA) is 42.2 Å². The molecule has 1 atom stereocenters. The number of rotatable bonds is 6. The molecule has 0 unspecified atom stereocenters. The quantitative estimate of drug-likeness (QED) is 0.689. The molecular weight excluding hydrogens is 305 g/mol. The molecule has 0 saturated carbocycles. The van der Waals surface area contributed by atoms with Crippen molar-refractivity contribution >= 4 is 17.9 Å². The maximum Gasteiger partial charge on any atom is 0.205 e. The fourth-order valence-electron chi connectivity index (χ4n) is 2.64. The molecule has 4 heteroatoms. The van der Waals surface area contributed by atoms with Crippen LogP contribution in [-0.4, -0.2) is 0 Å². The SMILES string of the molecule is CC[C@H](NP(=O)(c1ccccc1)c1ccccc1)c1ccco1. The molecule has 0 aliphatic carbocycles. The Labute approximate surface area is 136 Å². The third kappa shape index (κ3) is 3.31. The monoisotopic (exact) mass is 325 g/mol. The van der Waals surface area contributed by atoms with E-state index in [1.54, 1.807) is 6.26 Å². The van der Waals surface area contributed by atoms with Crippen LogP contribution in [0.3, 0.4) is 0 Å². The summed E-state index contributed by atoms with van der Waals surface area (Å²) in [5.74, 6) is 0.805. The van der Waals surface area contributed by atoms with Gasteiger partial charge in [-0.1, -0.05) is 43.3 Å². The van der Waals surface area contributed by atoms with Gasteiger partial charge in [0.25, 0.3) is 0 Å². The smallest absolute Gasteiger partial charge is 0.205 e. The Bertz CT molecular complexity index is 726. The predicted octanol–water partition coefficient (Wildman–Crippen LogP) is 4.25. The van der Waals surface area contributed by atoms with Crippen LogP contribution in [0.15, 0.2) is 83.5 Å². The average molecular weight is 325 g/mol. The van der Waals surface area contributed by atoms with Gasteiger partial charge in [0.2, 0.25) is 7.29 Å². The molecule has 0 bridgehead atoms. The summed E-state index contributed by atoms with van der Waals surface area (Å²) in [5, 5.41) is 4.98. The van der Waals surface area contributed by atoms with Gasteiger partial charge in [-0.3, -0.25) is 4.57 Å². The van der Waals surface area contributed by atoms with E-state index >= 15 is 0 Å². The molecule has 3 aromatic rings. The Morgan fingerprint density at radius 3 is 1.91 bits per heavy atom. The van der Waals surface area contributed by atoms with Gasteiger partial charge in [-0.25, -0.2) is 5.09 Å². The van der Waals surface area contributed by atoms with Gasteiger partial charge < -0.3 is 4.42 Å². The first kappa shape index (κ1) is 15.8. The van der Waals surface area contributed by atoms with Crippen molar-refractivity contribution in [2.24, 2.45) is 0 Å². The van der Waals surface area contributed by atoms with Crippen molar-refractivity contribution in [2.45, 2.75) is 19.4 Å². The minimum atomic E-state index is -2.95. The summed E-state index contributed by atoms with van der Waals surface area (Å²) in [5.41, 5.74) is 0. The van der Waals surface area contributed by atoms with Crippen LogP contribution in [0.4, 0.5) is 0 Å². The molecule has 1 aromatic heterocycles. The zero-order chi connectivity index (χ0) is 16.1. The van der Waals surface area contributed by atoms with Gasteiger partial charge in [-0.05, 0) is 42.8 Å². The molecule has 0 saturated heterocycles. The van der Waals surface area contributed by atoms with Crippen LogP contribution in [-0.2, 0) is 4.57 Å². The maximum absolute atomic E-state index is 13.9. The fraction of sp³-hybridized carbons (Fsp3) is 0.158. The van der Waals surface area contributed by atoms with Crippen LogP contribution in [0.25, 0.3) is 0 Å². The van der Waals surface area contributed by atoms with Crippen LogP contribution < -0.4 is 15.7 Å². The van der Waals surface area contributed by atoms with Crippen molar-refractivity contribution in [3.05, 3.63) is 84.8 Å². The van der Waals surface area contributed by atoms with Crippen LogP contribution in [0.5, 0.6) is 0 Å². The molecule has 118 valence electrons. The minimum Gasteiger partial charge on any atom is -0.468 e. The van der Waals surface area contributed by atoms with Gasteiger partial charge in [0, 0.05) is 10.6 Å². The highest BCUT2D eigenvalue weighted by atomic mass is 31.2. The van der Waals surface area contributed by atoms with E-state index in [1.165, 1.54) is 0 Å². The van der Waals surface area contributed by atoms with E-state index in [1.807, 2.05) is 72.8 Å². The van der Waals surface area contributed by atoms with Crippen molar-refractivity contribution in [2.75, 3.05) is 0 Å². The van der Waals surface area contributed by atoms with Crippen molar-refractivity contribution in [3.8, 4) is 0 Å². The first-order valence-corrected chi connectivity index (χ1v) is 9.47. The second-order valence-corrected chi connectivity index (χ2v) is 7.90. The Morgan fingerprint density at radius 2 is 1.48 bits per heavy atom. The Hall–Kier alpha value is -2.09. The van der Waals surface area contributed by atoms with E-state index in [0.29, 0.717) is 0 Å². The number of nitrogens with one attached hydrogen (secondary N) is 1. The summed E-state index contributed by atoms with van der Waals surface area (Å²) in [4.78, 5) is 0. The molecule has 0 spiro atoms. The zero-order valence-corrected chi connectivity index (χ0v) is 13.9. The van der Waals surface area contributed by atoms with E-state index in [9.17, 15) is 4.57 Å². The third-order valence-electron chi connectivity index (χ3n) is 3.87. The van der Waals surface area contributed by atoms with E-state index in [0.717, 1.165) is 22.8 Å². The molecule has 1 N–H and O–H groups in total. The lowest BCUT2D eigenvalue weighted by atomic mass is 10.2. The third-order valence-corrected chi connectivity index (χ3v) is 6.60. The minimum absolute atomic E-state index is 0.101. The number of furan rings is 1. The standard InChI is InChI=1S/C19H20NO2P/c1-2-18(19-14-9-15-22-19)20-23(21,16-10-5-3-6-11-16)17-12-7-4-8-13-17/h3-15,18H,2H2,1H3,(H,20,21)/t18-/m0/s1. The molecule has 0 amide bonds. The van der Waals surface area contributed by atoms with Crippen LogP contribution >= 0.6 is 7.29 Å². The molecule has 3 rings (SSSR count). The first-order chi connectivity index (χ1) is 11.2. The predicted molar refractivity (Wildman–Crippen MR) is 94.6 cm³/mol. The summed E-state index contributed by atoms with van der Waals surface area (Å²) in [6.07, 6.45) is 2.44. The molecule has 23 heavy (non-hydrogen) atoms. The Kier molecular flexibility index (Phi) is 4.80. The lowest BCUT2D eigenvalue weighted by Gasteiger charge is -2.25. The highest BCUT2D eigenvalue weighted by molar-refractivity contribution is 7.76. The molecular formula is C19H20NO2P. The summed E-state index contributed by atoms with van der Waals surface area (Å²) >= 11 is 0. The molecule has 0 aliphatic heterocycles. The lowest BCUT2D eigenvalue weighted by Crippen LogP contribution is -2.30. The fourth-order valence-corrected chi connectivity index (χ4v) is 5.17. The number of hydrogen-bond acceptors (Lipinski definition) is 2. The second kappa shape index (κ2) is 6.99. The van der Waals surface area contributed by atoms with Crippen LogP contribution in [0, 0.1) is 0 Å². The van der Waals surface area contributed by atoms with E-state index in [2.05, 4.69) is 12.0 Å². The van der Waals surface area contributed by atoms with Crippen molar-refractivity contribution in [3.63, 3.8) is 0 Å². The maximum atomic E-state index is 13.9. The van der Waals surface area contributed by atoms with Crippen LogP contribution in [0.1, 0.15) is 25.1 Å². The van der Waals surface area contributed by atoms with Gasteiger partial charge in [-0.2, -0.15) is 0 Å². The van der Waals surface area contributed by atoms with E-state index in [-0.39, 0.29) is 6.04 Å². The van der Waals surface area contributed by atoms with Gasteiger partial charge in [0.15, 0.2) is 0 Å². The number of hydrogen-bond donors (Lipinski definition) is 1. The summed E-state index contributed by atoms with van der Waals surface area (Å²) in [7, 11) is -2.95. The summed E-state index contributed by atoms with van der Waals surface area (Å²) < 4.78 is 19.4. The van der Waals surface area contributed by atoms with E-state index < -0.39 is 7.29 Å². The van der Waals surface area contributed by atoms with Gasteiger partial charge in [0.1, 0.15) is 5.76 Å². The zero-order valence-electron chi connectivity index (χ0n) is 13.1. The van der Waals surface area contributed by atoms with Crippen LogP contribution in [0.2, 0.25) is 0 Å². The highest BCUT2D eigenvalue weighted by Crippen LogP contribution is 2.42. The second-order valence-electron chi connectivity index (χ2n) is 5.39. The molecule has 0 radical (unpaired) electrons. The van der Waals surface area contributed by atoms with Crippen molar-refractivity contribution in [1.82, 2.24) is 5.09 Å². The summed E-state index contributed by atoms with van der Waals surface area (Å²) in [6.45, 7) is 2.06. The molecule has 3 nitrogen and oxygen atoms in total. The largest absolute Gasteiger partial charge is 0.468 e. The number of benzene rings is 2. The Morgan fingerprint density at radius 1 is 0.913 bits per heavy atom. The first-order valence-electron chi connectivity index (χ1n) is 7.76. The van der Waals surface area contributed by atoms with Gasteiger partial charge >= 0.3 is 0 Å². The van der Waals surface area contributed by atoms with E-state index in [4.69, 9.17) is 4.42 Å². The highest BCUT2D eigenvalue weighted by Gasteiger charge is 2.30. The van der Waals surface area contributed by atoms with Crippen molar-refractivity contribution < 1.29 is 8.98 Å². The van der Waals surface area contributed by atoms with Crippen molar-refractivity contribution in [1.29, 1.82) is 0 Å². The molecule has 0 fully saturated rings. The summed E-state index contributed by atoms with van der Waals surface area (Å²) in [6, 6.07) is 22.9. The lowest BCUT2D eigenvalue weighted by molar-refractivity contribution is 0.439.